The predicted molar refractivity (Wildman–Crippen MR) is 73.3 cm³/mol. The molecule has 0 saturated heterocycles. The number of carboxylic acids is 1. The fraction of sp³-hybridized carbons (Fsp3) is 0.0714. The molecular formula is C14H12ClNO3. The van der Waals surface area contributed by atoms with E-state index < -0.39 is 12.1 Å². The molecule has 0 aliphatic rings. The van der Waals surface area contributed by atoms with Crippen molar-refractivity contribution in [3.8, 4) is 5.75 Å². The Labute approximate surface area is 115 Å². The van der Waals surface area contributed by atoms with E-state index in [0.717, 1.165) is 0 Å². The van der Waals surface area contributed by atoms with Crippen molar-refractivity contribution in [1.82, 2.24) is 0 Å². The summed E-state index contributed by atoms with van der Waals surface area (Å²) in [6.45, 7) is 0. The van der Waals surface area contributed by atoms with E-state index in [1.165, 1.54) is 6.07 Å². The van der Waals surface area contributed by atoms with Crippen molar-refractivity contribution in [2.75, 3.05) is 5.73 Å². The van der Waals surface area contributed by atoms with Crippen LogP contribution in [0.25, 0.3) is 0 Å². The molecule has 0 aliphatic carbocycles. The summed E-state index contributed by atoms with van der Waals surface area (Å²) in [4.78, 5) is 11.3. The number of ether oxygens (including phenoxy) is 1. The Bertz CT molecular complexity index is 586. The highest BCUT2D eigenvalue weighted by Gasteiger charge is 2.22. The van der Waals surface area contributed by atoms with Gasteiger partial charge in [0, 0.05) is 10.6 Å². The fourth-order valence-electron chi connectivity index (χ4n) is 1.64. The minimum Gasteiger partial charge on any atom is -0.478 e. The SMILES string of the molecule is Nc1cc(Cl)ccc1OC(C(=O)O)c1ccccc1. The lowest BCUT2D eigenvalue weighted by Gasteiger charge is -2.16. The minimum absolute atomic E-state index is 0.292. The Morgan fingerprint density at radius 3 is 2.47 bits per heavy atom. The first-order chi connectivity index (χ1) is 9.08. The molecule has 0 heterocycles. The summed E-state index contributed by atoms with van der Waals surface area (Å²) in [5, 5.41) is 9.71. The van der Waals surface area contributed by atoms with Crippen LogP contribution in [0.2, 0.25) is 5.02 Å². The quantitative estimate of drug-likeness (QED) is 0.842. The van der Waals surface area contributed by atoms with E-state index in [1.807, 2.05) is 0 Å². The average Bonchev–Trinajstić information content (AvgIpc) is 2.38. The number of nitrogen functional groups attached to an aromatic ring is 1. The van der Waals surface area contributed by atoms with Crippen LogP contribution in [0.4, 0.5) is 5.69 Å². The zero-order chi connectivity index (χ0) is 13.8. The van der Waals surface area contributed by atoms with Crippen molar-refractivity contribution in [3.05, 3.63) is 59.1 Å². The highest BCUT2D eigenvalue weighted by molar-refractivity contribution is 6.30. The molecule has 0 saturated carbocycles. The Morgan fingerprint density at radius 2 is 1.89 bits per heavy atom. The van der Waals surface area contributed by atoms with Gasteiger partial charge in [0.1, 0.15) is 5.75 Å². The molecule has 2 rings (SSSR count). The highest BCUT2D eigenvalue weighted by Crippen LogP contribution is 2.29. The van der Waals surface area contributed by atoms with Crippen LogP contribution in [0, 0.1) is 0 Å². The molecule has 1 atom stereocenters. The van der Waals surface area contributed by atoms with Crippen molar-refractivity contribution in [3.63, 3.8) is 0 Å². The lowest BCUT2D eigenvalue weighted by Crippen LogP contribution is -2.18. The van der Waals surface area contributed by atoms with Crippen LogP contribution < -0.4 is 10.5 Å². The van der Waals surface area contributed by atoms with Gasteiger partial charge in [0.2, 0.25) is 6.10 Å². The van der Waals surface area contributed by atoms with Crippen LogP contribution >= 0.6 is 11.6 Å². The number of anilines is 1. The number of carboxylic acid groups (broad SMARTS) is 1. The molecule has 1 unspecified atom stereocenters. The third kappa shape index (κ3) is 3.17. The van der Waals surface area contributed by atoms with Gasteiger partial charge in [-0.15, -0.1) is 0 Å². The molecule has 0 aliphatic heterocycles. The van der Waals surface area contributed by atoms with Crippen LogP contribution in [0.15, 0.2) is 48.5 Å². The number of carbonyl (C=O) groups is 1. The zero-order valence-corrected chi connectivity index (χ0v) is 10.7. The second-order valence-corrected chi connectivity index (χ2v) is 4.37. The van der Waals surface area contributed by atoms with Gasteiger partial charge < -0.3 is 15.6 Å². The number of nitrogens with two attached hydrogens (primary N) is 1. The van der Waals surface area contributed by atoms with Crippen LogP contribution in [0.3, 0.4) is 0 Å². The maximum Gasteiger partial charge on any atom is 0.349 e. The Hall–Kier alpha value is -2.20. The summed E-state index contributed by atoms with van der Waals surface area (Å²) in [6, 6.07) is 13.3. The molecule has 0 bridgehead atoms. The van der Waals surface area contributed by atoms with Gasteiger partial charge in [0.15, 0.2) is 0 Å². The monoisotopic (exact) mass is 277 g/mol. The molecule has 0 amide bonds. The molecule has 0 aromatic heterocycles. The maximum absolute atomic E-state index is 11.3. The topological polar surface area (TPSA) is 72.5 Å². The molecule has 4 nitrogen and oxygen atoms in total. The first-order valence-corrected chi connectivity index (χ1v) is 5.95. The van der Waals surface area contributed by atoms with Gasteiger partial charge in [-0.3, -0.25) is 0 Å². The summed E-state index contributed by atoms with van der Waals surface area (Å²) in [7, 11) is 0. The molecule has 19 heavy (non-hydrogen) atoms. The third-order valence-corrected chi connectivity index (χ3v) is 2.78. The van der Waals surface area contributed by atoms with Crippen LogP contribution in [0.1, 0.15) is 11.7 Å². The number of benzene rings is 2. The smallest absolute Gasteiger partial charge is 0.349 e. The van der Waals surface area contributed by atoms with Gasteiger partial charge in [-0.2, -0.15) is 0 Å². The molecule has 0 spiro atoms. The van der Waals surface area contributed by atoms with E-state index in [2.05, 4.69) is 0 Å². The highest BCUT2D eigenvalue weighted by atomic mass is 35.5. The van der Waals surface area contributed by atoms with Crippen molar-refractivity contribution in [2.24, 2.45) is 0 Å². The van der Waals surface area contributed by atoms with Crippen molar-refractivity contribution < 1.29 is 14.6 Å². The summed E-state index contributed by atoms with van der Waals surface area (Å²) in [5.74, 6) is -0.791. The van der Waals surface area contributed by atoms with E-state index in [9.17, 15) is 9.90 Å². The summed E-state index contributed by atoms with van der Waals surface area (Å²) < 4.78 is 5.46. The van der Waals surface area contributed by atoms with Crippen LogP contribution in [0.5, 0.6) is 5.75 Å². The molecule has 2 aromatic rings. The zero-order valence-electron chi connectivity index (χ0n) is 9.92. The Balaban J connectivity index is 2.29. The number of hydrogen-bond donors (Lipinski definition) is 2. The van der Waals surface area contributed by atoms with Crippen LogP contribution in [-0.4, -0.2) is 11.1 Å². The van der Waals surface area contributed by atoms with E-state index in [-0.39, 0.29) is 0 Å². The number of hydrogen-bond acceptors (Lipinski definition) is 3. The second-order valence-electron chi connectivity index (χ2n) is 3.93. The first-order valence-electron chi connectivity index (χ1n) is 5.57. The largest absolute Gasteiger partial charge is 0.478 e. The Morgan fingerprint density at radius 1 is 1.21 bits per heavy atom. The van der Waals surface area contributed by atoms with Crippen molar-refractivity contribution in [2.45, 2.75) is 6.10 Å². The number of rotatable bonds is 4. The molecule has 0 fully saturated rings. The fourth-order valence-corrected chi connectivity index (χ4v) is 1.82. The van der Waals surface area contributed by atoms with Gasteiger partial charge in [0.05, 0.1) is 5.69 Å². The number of aliphatic carboxylic acids is 1. The van der Waals surface area contributed by atoms with Gasteiger partial charge >= 0.3 is 5.97 Å². The second kappa shape index (κ2) is 5.63. The summed E-state index contributed by atoms with van der Waals surface area (Å²) in [6.07, 6.45) is -1.11. The lowest BCUT2D eigenvalue weighted by molar-refractivity contribution is -0.145. The molecule has 3 N–H and O–H groups in total. The van der Waals surface area contributed by atoms with Crippen molar-refractivity contribution >= 4 is 23.3 Å². The van der Waals surface area contributed by atoms with Gasteiger partial charge in [-0.1, -0.05) is 41.9 Å². The third-order valence-electron chi connectivity index (χ3n) is 2.54. The first kappa shape index (κ1) is 13.2. The lowest BCUT2D eigenvalue weighted by atomic mass is 10.1. The van der Waals surface area contributed by atoms with E-state index in [1.54, 1.807) is 42.5 Å². The normalized spacial score (nSPS) is 11.8. The summed E-state index contributed by atoms with van der Waals surface area (Å²) in [5.41, 5.74) is 6.59. The molecule has 98 valence electrons. The van der Waals surface area contributed by atoms with E-state index >= 15 is 0 Å². The Kier molecular flexibility index (Phi) is 3.92. The minimum atomic E-state index is -1.11. The summed E-state index contributed by atoms with van der Waals surface area (Å²) >= 11 is 5.78. The van der Waals surface area contributed by atoms with Crippen molar-refractivity contribution in [1.29, 1.82) is 0 Å². The average molecular weight is 278 g/mol. The van der Waals surface area contributed by atoms with E-state index in [4.69, 9.17) is 22.1 Å². The van der Waals surface area contributed by atoms with Gasteiger partial charge in [-0.25, -0.2) is 4.79 Å². The molecule has 5 heteroatoms. The standard InChI is InChI=1S/C14H12ClNO3/c15-10-6-7-12(11(16)8-10)19-13(14(17)18)9-4-2-1-3-5-9/h1-8,13H,16H2,(H,17,18). The maximum atomic E-state index is 11.3. The van der Waals surface area contributed by atoms with Gasteiger partial charge in [0.25, 0.3) is 0 Å². The predicted octanol–water partition coefficient (Wildman–Crippen LogP) is 3.13. The van der Waals surface area contributed by atoms with E-state index in [0.29, 0.717) is 22.0 Å². The molecular weight excluding hydrogens is 266 g/mol. The molecule has 2 aromatic carbocycles. The van der Waals surface area contributed by atoms with Crippen LogP contribution in [-0.2, 0) is 4.79 Å². The van der Waals surface area contributed by atoms with Gasteiger partial charge in [-0.05, 0) is 18.2 Å². The number of halogens is 1. The molecule has 0 radical (unpaired) electrons.